The lowest BCUT2D eigenvalue weighted by Crippen LogP contribution is -2.35. The highest BCUT2D eigenvalue weighted by Crippen LogP contribution is 2.34. The Hall–Kier alpha value is -8.03. The minimum absolute atomic E-state index is 0.0135. The molecule has 1 atom stereocenters. The second-order valence-electron chi connectivity index (χ2n) is 16.6. The Bertz CT molecular complexity index is 3100. The van der Waals surface area contributed by atoms with E-state index < -0.39 is 40.5 Å². The zero-order valence-electron chi connectivity index (χ0n) is 40.7. The molecule has 73 heavy (non-hydrogen) atoms. The number of nitrogens with zero attached hydrogens (tertiary/aromatic N) is 10. The van der Waals surface area contributed by atoms with Gasteiger partial charge in [0.25, 0.3) is 11.8 Å². The van der Waals surface area contributed by atoms with Gasteiger partial charge in [-0.25, -0.2) is 9.97 Å². The van der Waals surface area contributed by atoms with Crippen LogP contribution in [0.1, 0.15) is 86.2 Å². The molecule has 0 saturated heterocycles. The highest BCUT2D eigenvalue weighted by Gasteiger charge is 2.36. The summed E-state index contributed by atoms with van der Waals surface area (Å²) in [5.74, 6) is -2.52. The van der Waals surface area contributed by atoms with Gasteiger partial charge in [0.05, 0.1) is 35.7 Å². The number of aromatic nitrogens is 8. The van der Waals surface area contributed by atoms with E-state index in [2.05, 4.69) is 43.4 Å². The van der Waals surface area contributed by atoms with Crippen molar-refractivity contribution in [2.75, 3.05) is 51.5 Å². The van der Waals surface area contributed by atoms with E-state index in [1.807, 2.05) is 6.92 Å². The standard InChI is InChI=1S/C47H54F3N13O9S/c1-7-62-33(18-27(3)56-62)43(69)54-46-53-32-21-29(42(51)68)22-35(71-6)40(32)60(46)14-9-10-15-61-41-31(52-45(61)55-44(70)34-24-37(47(48,49)50)57-63(34)8-2)19-28(25-64)20-36(41)72-17-11-13-58(4)38(66)12-16-59(5)39(67)23-30(73)26-65/h9-10,18-22,24-26,30,73H,7-8,11-17,23H2,1-6H3,(H2,51,68)(H,52,55,70)(H,53,54,69)/b10-9+. The molecule has 0 bridgehead atoms. The van der Waals surface area contributed by atoms with Gasteiger partial charge in [-0.1, -0.05) is 12.2 Å². The predicted molar refractivity (Wildman–Crippen MR) is 264 cm³/mol. The minimum atomic E-state index is -4.84. The lowest BCUT2D eigenvalue weighted by molar-refractivity contribution is -0.141. The van der Waals surface area contributed by atoms with Gasteiger partial charge in [-0.2, -0.15) is 36.0 Å². The number of amides is 5. The van der Waals surface area contributed by atoms with E-state index in [9.17, 15) is 46.7 Å². The molecule has 0 aliphatic carbocycles. The first-order valence-corrected chi connectivity index (χ1v) is 23.3. The molecule has 6 rings (SSSR count). The van der Waals surface area contributed by atoms with Crippen molar-refractivity contribution < 1.29 is 56.2 Å². The predicted octanol–water partition coefficient (Wildman–Crippen LogP) is 4.79. The average molecular weight is 1030 g/mol. The van der Waals surface area contributed by atoms with Gasteiger partial charge in [0.1, 0.15) is 46.5 Å². The molecule has 388 valence electrons. The molecule has 0 fully saturated rings. The van der Waals surface area contributed by atoms with Crippen LogP contribution in [0.5, 0.6) is 11.5 Å². The Balaban J connectivity index is 1.32. The molecule has 4 N–H and O–H groups in total. The minimum Gasteiger partial charge on any atom is -0.494 e. The molecule has 22 nitrogen and oxygen atoms in total. The molecule has 6 aromatic rings. The Morgan fingerprint density at radius 1 is 0.808 bits per heavy atom. The largest absolute Gasteiger partial charge is 0.494 e. The molecule has 0 aliphatic heterocycles. The summed E-state index contributed by atoms with van der Waals surface area (Å²) in [5, 5.41) is 12.6. The van der Waals surface area contributed by atoms with Crippen molar-refractivity contribution in [2.24, 2.45) is 5.73 Å². The summed E-state index contributed by atoms with van der Waals surface area (Å²) in [5.41, 5.74) is 6.19. The van der Waals surface area contributed by atoms with Crippen molar-refractivity contribution in [1.29, 1.82) is 0 Å². The summed E-state index contributed by atoms with van der Waals surface area (Å²) in [6.45, 7) is 5.74. The highest BCUT2D eigenvalue weighted by molar-refractivity contribution is 7.81. The smallest absolute Gasteiger partial charge is 0.435 e. The van der Waals surface area contributed by atoms with Crippen molar-refractivity contribution >= 4 is 88.7 Å². The first-order chi connectivity index (χ1) is 34.7. The molecule has 4 aromatic heterocycles. The average Bonchev–Trinajstić information content (AvgIpc) is 4.15. The zero-order valence-corrected chi connectivity index (χ0v) is 41.6. The number of alkyl halides is 3. The van der Waals surface area contributed by atoms with E-state index >= 15 is 0 Å². The molecule has 4 heterocycles. The lowest BCUT2D eigenvalue weighted by atomic mass is 10.1. The maximum Gasteiger partial charge on any atom is 0.435 e. The second kappa shape index (κ2) is 23.5. The molecule has 26 heteroatoms. The van der Waals surface area contributed by atoms with Crippen LogP contribution in [0.4, 0.5) is 25.1 Å². The first kappa shape index (κ1) is 54.3. The number of thiol groups is 1. The number of rotatable bonds is 24. The Morgan fingerprint density at radius 3 is 1.95 bits per heavy atom. The van der Waals surface area contributed by atoms with Crippen molar-refractivity contribution in [3.8, 4) is 11.5 Å². The van der Waals surface area contributed by atoms with E-state index in [-0.39, 0.29) is 121 Å². The van der Waals surface area contributed by atoms with Gasteiger partial charge in [-0.05, 0) is 57.5 Å². The Kier molecular flexibility index (Phi) is 17.5. The van der Waals surface area contributed by atoms with E-state index in [4.69, 9.17) is 15.2 Å². The number of methoxy groups -OCH3 is 1. The summed E-state index contributed by atoms with van der Waals surface area (Å²) in [6, 6.07) is 8.04. The van der Waals surface area contributed by atoms with E-state index in [1.165, 1.54) is 64.4 Å². The third kappa shape index (κ3) is 12.7. The number of fused-ring (bicyclic) bond motifs is 2. The monoisotopic (exact) mass is 1030 g/mol. The number of anilines is 2. The molecular weight excluding hydrogens is 980 g/mol. The SMILES string of the molecule is CCn1nc(C)cc1C(=O)Nc1nc2cc(C(N)=O)cc(OC)c2n1C/C=C/Cn1c(NC(=O)c2cc(C(F)(F)F)nn2CC)nc2cc(C=O)cc(OCCCN(C)C(=O)CCN(C)C(=O)CC(S)C=O)c21. The van der Waals surface area contributed by atoms with Crippen LogP contribution in [0, 0.1) is 6.92 Å². The van der Waals surface area contributed by atoms with Crippen LogP contribution in [0.2, 0.25) is 0 Å². The number of aryl methyl sites for hydroxylation is 3. The summed E-state index contributed by atoms with van der Waals surface area (Å²) in [7, 11) is 4.50. The fraction of sp³-hybridized carbons (Fsp3) is 0.383. The van der Waals surface area contributed by atoms with Gasteiger partial charge >= 0.3 is 6.18 Å². The number of benzene rings is 2. The molecule has 0 saturated carbocycles. The fourth-order valence-electron chi connectivity index (χ4n) is 7.71. The van der Waals surface area contributed by atoms with Gasteiger partial charge in [0.15, 0.2) is 5.69 Å². The van der Waals surface area contributed by atoms with Crippen molar-refractivity contribution in [1.82, 2.24) is 48.5 Å². The number of hydrogen-bond acceptors (Lipinski definition) is 14. The van der Waals surface area contributed by atoms with E-state index in [1.54, 1.807) is 36.8 Å². The number of carbonyl (C=O) groups excluding carboxylic acids is 7. The quantitative estimate of drug-likeness (QED) is 0.0275. The number of halogens is 3. The molecule has 0 radical (unpaired) electrons. The van der Waals surface area contributed by atoms with Gasteiger partial charge < -0.3 is 38.9 Å². The number of nitrogens with one attached hydrogen (secondary N) is 2. The molecule has 2 aromatic carbocycles. The van der Waals surface area contributed by atoms with Gasteiger partial charge in [0.2, 0.25) is 29.6 Å². The van der Waals surface area contributed by atoms with Crippen LogP contribution < -0.4 is 25.8 Å². The van der Waals surface area contributed by atoms with Gasteiger partial charge in [-0.3, -0.25) is 48.8 Å². The molecule has 0 aliphatic rings. The number of allylic oxidation sites excluding steroid dienone is 2. The van der Waals surface area contributed by atoms with Crippen LogP contribution in [0.25, 0.3) is 22.1 Å². The highest BCUT2D eigenvalue weighted by atomic mass is 32.1. The van der Waals surface area contributed by atoms with Crippen molar-refractivity contribution in [2.45, 2.75) is 77.6 Å². The van der Waals surface area contributed by atoms with Crippen LogP contribution in [-0.2, 0) is 46.7 Å². The number of primary amides is 1. The summed E-state index contributed by atoms with van der Waals surface area (Å²) >= 11 is 4.03. The van der Waals surface area contributed by atoms with Crippen LogP contribution in [0.15, 0.2) is 48.6 Å². The lowest BCUT2D eigenvalue weighted by Gasteiger charge is -2.21. The number of imidazole rings is 2. The zero-order chi connectivity index (χ0) is 53.3. The first-order valence-electron chi connectivity index (χ1n) is 22.8. The number of hydrogen-bond donors (Lipinski definition) is 4. The normalized spacial score (nSPS) is 12.0. The fourth-order valence-corrected chi connectivity index (χ4v) is 7.87. The Morgan fingerprint density at radius 2 is 1.38 bits per heavy atom. The van der Waals surface area contributed by atoms with E-state index in [0.29, 0.717) is 42.8 Å². The topological polar surface area (TPSA) is 266 Å². The number of ether oxygens (including phenoxy) is 2. The van der Waals surface area contributed by atoms with Gasteiger partial charge in [0, 0.05) is 83.4 Å². The van der Waals surface area contributed by atoms with Gasteiger partial charge in [-0.15, -0.1) is 0 Å². The number of nitrogens with two attached hydrogens (primary N) is 1. The maximum absolute atomic E-state index is 13.8. The summed E-state index contributed by atoms with van der Waals surface area (Å²) in [6.07, 6.45) is -0.136. The second-order valence-corrected chi connectivity index (χ2v) is 17.3. The number of carbonyl (C=O) groups is 7. The van der Waals surface area contributed by atoms with Crippen molar-refractivity contribution in [3.05, 3.63) is 82.5 Å². The third-order valence-electron chi connectivity index (χ3n) is 11.5. The molecular formula is C47H54F3N13O9S. The molecule has 1 unspecified atom stereocenters. The van der Waals surface area contributed by atoms with Crippen molar-refractivity contribution in [3.63, 3.8) is 0 Å². The van der Waals surface area contributed by atoms with E-state index in [0.717, 1.165) is 4.68 Å². The van der Waals surface area contributed by atoms with Crippen LogP contribution in [-0.4, -0.2) is 137 Å². The third-order valence-corrected chi connectivity index (χ3v) is 11.8. The maximum atomic E-state index is 13.8. The summed E-state index contributed by atoms with van der Waals surface area (Å²) in [4.78, 5) is 100. The summed E-state index contributed by atoms with van der Waals surface area (Å²) < 4.78 is 58.7. The van der Waals surface area contributed by atoms with Crippen LogP contribution in [0.3, 0.4) is 0 Å². The molecule has 0 spiro atoms. The van der Waals surface area contributed by atoms with Crippen LogP contribution >= 0.6 is 12.6 Å². The Labute approximate surface area is 421 Å². The number of aldehydes is 2. The molecule has 5 amide bonds.